The first-order valence-electron chi connectivity index (χ1n) is 14.4. The Kier molecular flexibility index (Phi) is 11.8. The van der Waals surface area contributed by atoms with Crippen molar-refractivity contribution >= 4 is 27.3 Å². The smallest absolute Gasteiger partial charge is 0.416 e. The van der Waals surface area contributed by atoms with Crippen molar-refractivity contribution in [1.82, 2.24) is 4.90 Å². The van der Waals surface area contributed by atoms with E-state index >= 15 is 0 Å². The molecule has 0 bridgehead atoms. The lowest BCUT2D eigenvalue weighted by atomic mass is 10.0. The topological polar surface area (TPSA) is 20.3 Å². The van der Waals surface area contributed by atoms with Crippen molar-refractivity contribution in [2.45, 2.75) is 59.8 Å². The molecule has 0 saturated carbocycles. The lowest BCUT2D eigenvalue weighted by Crippen LogP contribution is -3.00. The number of quaternary nitrogens is 1. The van der Waals surface area contributed by atoms with Crippen molar-refractivity contribution in [2.75, 3.05) is 26.2 Å². The average Bonchev–Trinajstić information content (AvgIpc) is 3.37. The molecule has 1 heterocycles. The van der Waals surface area contributed by atoms with E-state index in [0.29, 0.717) is 29.7 Å². The molecule has 0 aliphatic heterocycles. The van der Waals surface area contributed by atoms with Gasteiger partial charge < -0.3 is 26.4 Å². The highest BCUT2D eigenvalue weighted by Crippen LogP contribution is 2.33. The summed E-state index contributed by atoms with van der Waals surface area (Å²) in [5.74, 6) is 0.0243. The second-order valence-corrected chi connectivity index (χ2v) is 12.2. The molecule has 0 aliphatic rings. The molecule has 0 N–H and O–H groups in total. The summed E-state index contributed by atoms with van der Waals surface area (Å²) in [5, 5.41) is 1.07. The molecule has 4 aromatic rings. The van der Waals surface area contributed by atoms with Gasteiger partial charge in [0.2, 0.25) is 0 Å². The molecule has 4 rings (SSSR count). The van der Waals surface area contributed by atoms with Crippen molar-refractivity contribution in [3.63, 3.8) is 0 Å². The van der Waals surface area contributed by atoms with Crippen LogP contribution in [0.1, 0.15) is 64.2 Å². The molecule has 0 saturated heterocycles. The van der Waals surface area contributed by atoms with Gasteiger partial charge in [-0.3, -0.25) is 4.79 Å². The summed E-state index contributed by atoms with van der Waals surface area (Å²) in [7, 11) is 0. The molecule has 0 aliphatic carbocycles. The number of hydrogen-bond donors (Lipinski definition) is 0. The van der Waals surface area contributed by atoms with Crippen LogP contribution in [-0.2, 0) is 19.3 Å². The van der Waals surface area contributed by atoms with Crippen LogP contribution in [0.2, 0.25) is 0 Å². The quantitative estimate of drug-likeness (QED) is 0.134. The Morgan fingerprint density at radius 1 is 0.881 bits per heavy atom. The highest BCUT2D eigenvalue weighted by Gasteiger charge is 2.35. The van der Waals surface area contributed by atoms with E-state index in [0.717, 1.165) is 53.0 Å². The summed E-state index contributed by atoms with van der Waals surface area (Å²) in [6, 6.07) is 22.3. The van der Waals surface area contributed by atoms with Crippen LogP contribution in [0.25, 0.3) is 10.1 Å². The molecule has 0 unspecified atom stereocenters. The maximum Gasteiger partial charge on any atom is 0.416 e. The highest BCUT2D eigenvalue weighted by atomic mass is 79.9. The van der Waals surface area contributed by atoms with Crippen LogP contribution in [0, 0.1) is 13.8 Å². The van der Waals surface area contributed by atoms with Crippen LogP contribution in [0.4, 0.5) is 13.2 Å². The fourth-order valence-electron chi connectivity index (χ4n) is 5.76. The number of amides is 1. The number of carbonyl (C=O) groups is 1. The SMILES string of the molecule is CC[N+](CC)(CCCCN(Cc1cc(C)cc(C)c1)C(=O)c1cc2ccccc2s1)Cc1ccccc1C(F)(F)F.[Br-]. The molecule has 0 radical (unpaired) electrons. The second kappa shape index (κ2) is 14.7. The monoisotopic (exact) mass is 660 g/mol. The maximum absolute atomic E-state index is 13.8. The van der Waals surface area contributed by atoms with E-state index in [1.54, 1.807) is 12.1 Å². The van der Waals surface area contributed by atoms with Gasteiger partial charge in [-0.2, -0.15) is 13.2 Å². The minimum Gasteiger partial charge on any atom is -1.00 e. The Morgan fingerprint density at radius 2 is 1.52 bits per heavy atom. The van der Waals surface area contributed by atoms with Gasteiger partial charge >= 0.3 is 6.18 Å². The zero-order valence-electron chi connectivity index (χ0n) is 24.8. The fraction of sp³-hybridized carbons (Fsp3) is 0.382. The predicted molar refractivity (Wildman–Crippen MR) is 163 cm³/mol. The van der Waals surface area contributed by atoms with E-state index in [2.05, 4.69) is 45.9 Å². The fourth-order valence-corrected chi connectivity index (χ4v) is 6.80. The first kappa shape index (κ1) is 33.8. The van der Waals surface area contributed by atoms with E-state index in [4.69, 9.17) is 0 Å². The van der Waals surface area contributed by atoms with Crippen molar-refractivity contribution < 1.29 is 39.4 Å². The maximum atomic E-state index is 13.8. The minimum absolute atomic E-state index is 0. The molecule has 42 heavy (non-hydrogen) atoms. The van der Waals surface area contributed by atoms with Crippen LogP contribution in [0.3, 0.4) is 0 Å². The number of benzene rings is 3. The lowest BCUT2D eigenvalue weighted by Gasteiger charge is -2.38. The van der Waals surface area contributed by atoms with Crippen LogP contribution in [-0.4, -0.2) is 41.5 Å². The van der Waals surface area contributed by atoms with E-state index in [9.17, 15) is 18.0 Å². The standard InChI is InChI=1S/C34H40F3N2OS.BrH/c1-5-39(6-2,24-29-14-7-9-15-30(29)34(35,36)37)18-12-11-17-38(23-27-20-25(3)19-26(4)21-27)33(40)32-22-28-13-8-10-16-31(28)41-32;/h7-10,13-16,19-22H,5-6,11-12,17-18,23-24H2,1-4H3;1H/q+1;/p-1. The second-order valence-electron chi connectivity index (χ2n) is 11.1. The van der Waals surface area contributed by atoms with Gasteiger partial charge in [-0.25, -0.2) is 0 Å². The van der Waals surface area contributed by atoms with E-state index < -0.39 is 11.7 Å². The third-order valence-corrected chi connectivity index (χ3v) is 9.16. The Morgan fingerprint density at radius 3 is 2.17 bits per heavy atom. The molecule has 0 atom stereocenters. The number of hydrogen-bond acceptors (Lipinski definition) is 2. The molecule has 1 aromatic heterocycles. The summed E-state index contributed by atoms with van der Waals surface area (Å²) < 4.78 is 42.8. The van der Waals surface area contributed by atoms with Crippen LogP contribution < -0.4 is 17.0 Å². The average molecular weight is 662 g/mol. The van der Waals surface area contributed by atoms with Gasteiger partial charge in [0.15, 0.2) is 0 Å². The van der Waals surface area contributed by atoms with Gasteiger partial charge in [0.05, 0.1) is 30.1 Å². The number of aryl methyl sites for hydroxylation is 2. The largest absolute Gasteiger partial charge is 1.00 e. The number of rotatable bonds is 12. The van der Waals surface area contributed by atoms with Gasteiger partial charge in [0.25, 0.3) is 5.91 Å². The van der Waals surface area contributed by atoms with Gasteiger partial charge in [-0.15, -0.1) is 11.3 Å². The van der Waals surface area contributed by atoms with Crippen LogP contribution in [0.15, 0.2) is 72.8 Å². The zero-order valence-corrected chi connectivity index (χ0v) is 27.2. The molecular weight excluding hydrogens is 621 g/mol. The number of fused-ring (bicyclic) bond motifs is 1. The molecule has 1 amide bonds. The normalized spacial score (nSPS) is 11.9. The minimum atomic E-state index is -4.37. The van der Waals surface area contributed by atoms with Crippen molar-refractivity contribution in [3.05, 3.63) is 105 Å². The Bertz CT molecular complexity index is 1430. The van der Waals surface area contributed by atoms with Crippen LogP contribution in [0.5, 0.6) is 0 Å². The third-order valence-electron chi connectivity index (χ3n) is 8.06. The highest BCUT2D eigenvalue weighted by molar-refractivity contribution is 7.20. The van der Waals surface area contributed by atoms with Gasteiger partial charge in [-0.05, 0) is 69.7 Å². The number of halogens is 4. The predicted octanol–water partition coefficient (Wildman–Crippen LogP) is 6.02. The molecule has 0 spiro atoms. The van der Waals surface area contributed by atoms with Crippen LogP contribution >= 0.6 is 11.3 Å². The first-order valence-corrected chi connectivity index (χ1v) is 15.2. The molecule has 3 nitrogen and oxygen atoms in total. The van der Waals surface area contributed by atoms with Gasteiger partial charge in [0, 0.05) is 23.4 Å². The summed E-state index contributed by atoms with van der Waals surface area (Å²) >= 11 is 1.52. The number of nitrogens with zero attached hydrogens (tertiary/aromatic N) is 2. The molecule has 226 valence electrons. The lowest BCUT2D eigenvalue weighted by molar-refractivity contribution is -0.938. The molecule has 3 aromatic carbocycles. The van der Waals surface area contributed by atoms with E-state index in [1.165, 1.54) is 34.6 Å². The number of carbonyl (C=O) groups excluding carboxylic acids is 1. The van der Waals surface area contributed by atoms with E-state index in [-0.39, 0.29) is 22.9 Å². The molecule has 8 heteroatoms. The third kappa shape index (κ3) is 8.45. The summed E-state index contributed by atoms with van der Waals surface area (Å²) in [4.78, 5) is 16.5. The first-order chi connectivity index (χ1) is 19.5. The van der Waals surface area contributed by atoms with Crippen molar-refractivity contribution in [2.24, 2.45) is 0 Å². The van der Waals surface area contributed by atoms with Gasteiger partial charge in [0.1, 0.15) is 6.54 Å². The summed E-state index contributed by atoms with van der Waals surface area (Å²) in [6.07, 6.45) is -2.77. The summed E-state index contributed by atoms with van der Waals surface area (Å²) in [6.45, 7) is 11.9. The Labute approximate surface area is 262 Å². The summed E-state index contributed by atoms with van der Waals surface area (Å²) in [5.41, 5.74) is 3.24. The van der Waals surface area contributed by atoms with E-state index in [1.807, 2.05) is 35.2 Å². The van der Waals surface area contributed by atoms with Crippen molar-refractivity contribution in [1.29, 1.82) is 0 Å². The molecular formula is C34H40BrF3N2OS. The zero-order chi connectivity index (χ0) is 29.6. The number of thiophene rings is 1. The van der Waals surface area contributed by atoms with Gasteiger partial charge in [-0.1, -0.05) is 65.7 Å². The van der Waals surface area contributed by atoms with Crippen molar-refractivity contribution in [3.8, 4) is 0 Å². The molecule has 0 fully saturated rings. The Balaban J connectivity index is 0.00000484. The Hall–Kier alpha value is -2.68. The number of unbranched alkanes of at least 4 members (excludes halogenated alkanes) is 1. The number of alkyl halides is 3.